The molecule has 1 aliphatic rings. The molecule has 18 heavy (non-hydrogen) atoms. The zero-order chi connectivity index (χ0) is 12.8. The summed E-state index contributed by atoms with van der Waals surface area (Å²) in [5.41, 5.74) is 1.31. The molecule has 2 rings (SSSR count). The van der Waals surface area contributed by atoms with Crippen LogP contribution in [0.25, 0.3) is 0 Å². The van der Waals surface area contributed by atoms with E-state index >= 15 is 0 Å². The third kappa shape index (κ3) is 4.02. The molecule has 0 amide bonds. The van der Waals surface area contributed by atoms with Gasteiger partial charge in [0.2, 0.25) is 0 Å². The van der Waals surface area contributed by atoms with Gasteiger partial charge in [0, 0.05) is 12.6 Å². The van der Waals surface area contributed by atoms with Gasteiger partial charge in [-0.05, 0) is 56.7 Å². The van der Waals surface area contributed by atoms with Crippen molar-refractivity contribution < 1.29 is 4.74 Å². The Morgan fingerprint density at radius 1 is 1.33 bits per heavy atom. The lowest BCUT2D eigenvalue weighted by atomic mass is 10.2. The maximum Gasteiger partial charge on any atom is 0.120 e. The van der Waals surface area contributed by atoms with Crippen LogP contribution in [-0.4, -0.2) is 12.1 Å². The zero-order valence-electron chi connectivity index (χ0n) is 11.6. The highest BCUT2D eigenvalue weighted by atomic mass is 16.5. The predicted molar refractivity (Wildman–Crippen MR) is 75.9 cm³/mol. The molecule has 1 unspecified atom stereocenters. The predicted octanol–water partition coefficient (Wildman–Crippen LogP) is 3.90. The lowest BCUT2D eigenvalue weighted by Crippen LogP contribution is -2.24. The van der Waals surface area contributed by atoms with Crippen molar-refractivity contribution in [2.45, 2.75) is 64.6 Å². The van der Waals surface area contributed by atoms with Crippen LogP contribution in [-0.2, 0) is 6.54 Å². The van der Waals surface area contributed by atoms with Crippen LogP contribution >= 0.6 is 0 Å². The molecule has 1 atom stereocenters. The van der Waals surface area contributed by atoms with Crippen LogP contribution in [0.5, 0.6) is 5.75 Å². The number of rotatable bonds is 6. The second kappa shape index (κ2) is 6.79. The van der Waals surface area contributed by atoms with Crippen molar-refractivity contribution in [1.82, 2.24) is 5.32 Å². The van der Waals surface area contributed by atoms with E-state index in [9.17, 15) is 0 Å². The summed E-state index contributed by atoms with van der Waals surface area (Å²) >= 11 is 0. The Kier molecular flexibility index (Phi) is 5.06. The van der Waals surface area contributed by atoms with Gasteiger partial charge >= 0.3 is 0 Å². The number of hydrogen-bond acceptors (Lipinski definition) is 2. The van der Waals surface area contributed by atoms with Gasteiger partial charge in [-0.3, -0.25) is 0 Å². The number of hydrogen-bond donors (Lipinski definition) is 1. The number of nitrogens with one attached hydrogen (secondary N) is 1. The van der Waals surface area contributed by atoms with Crippen LogP contribution in [0.3, 0.4) is 0 Å². The third-order valence-electron chi connectivity index (χ3n) is 3.77. The molecule has 1 aromatic rings. The number of benzene rings is 1. The molecule has 1 aliphatic carbocycles. The molecule has 0 bridgehead atoms. The molecule has 100 valence electrons. The fraction of sp³-hybridized carbons (Fsp3) is 0.625. The Hall–Kier alpha value is -1.02. The second-order valence-electron chi connectivity index (χ2n) is 5.36. The standard InChI is InChI=1S/C16H25NO/c1-3-13(2)17-12-14-7-6-10-16(11-14)18-15-8-4-5-9-15/h6-7,10-11,13,15,17H,3-5,8-9,12H2,1-2H3. The van der Waals surface area contributed by atoms with Crippen LogP contribution in [0.15, 0.2) is 24.3 Å². The molecule has 0 heterocycles. The molecule has 1 fully saturated rings. The van der Waals surface area contributed by atoms with Gasteiger partial charge < -0.3 is 10.1 Å². The first-order chi connectivity index (χ1) is 8.78. The topological polar surface area (TPSA) is 21.3 Å². The third-order valence-corrected chi connectivity index (χ3v) is 3.77. The van der Waals surface area contributed by atoms with Crippen LogP contribution < -0.4 is 10.1 Å². The summed E-state index contributed by atoms with van der Waals surface area (Å²) < 4.78 is 6.02. The van der Waals surface area contributed by atoms with Gasteiger partial charge in [0.15, 0.2) is 0 Å². The summed E-state index contributed by atoms with van der Waals surface area (Å²) in [6.45, 7) is 5.35. The molecule has 1 aromatic carbocycles. The highest BCUT2D eigenvalue weighted by Crippen LogP contribution is 2.24. The minimum atomic E-state index is 0.447. The van der Waals surface area contributed by atoms with E-state index in [-0.39, 0.29) is 0 Å². The first-order valence-corrected chi connectivity index (χ1v) is 7.27. The fourth-order valence-corrected chi connectivity index (χ4v) is 2.36. The van der Waals surface area contributed by atoms with Crippen molar-refractivity contribution in [2.24, 2.45) is 0 Å². The van der Waals surface area contributed by atoms with E-state index in [0.29, 0.717) is 12.1 Å². The first kappa shape index (κ1) is 13.4. The van der Waals surface area contributed by atoms with Gasteiger partial charge in [-0.15, -0.1) is 0 Å². The lowest BCUT2D eigenvalue weighted by Gasteiger charge is -2.15. The van der Waals surface area contributed by atoms with Crippen molar-refractivity contribution in [1.29, 1.82) is 0 Å². The van der Waals surface area contributed by atoms with Crippen molar-refractivity contribution in [3.8, 4) is 5.75 Å². The zero-order valence-corrected chi connectivity index (χ0v) is 11.6. The minimum Gasteiger partial charge on any atom is -0.490 e. The van der Waals surface area contributed by atoms with Gasteiger partial charge in [-0.1, -0.05) is 19.1 Å². The molecule has 2 heteroatoms. The van der Waals surface area contributed by atoms with E-state index in [4.69, 9.17) is 4.74 Å². The van der Waals surface area contributed by atoms with Crippen LogP contribution in [0, 0.1) is 0 Å². The molecule has 2 nitrogen and oxygen atoms in total. The van der Waals surface area contributed by atoms with Crippen LogP contribution in [0.4, 0.5) is 0 Å². The largest absolute Gasteiger partial charge is 0.490 e. The van der Waals surface area contributed by atoms with Gasteiger partial charge in [0.25, 0.3) is 0 Å². The average molecular weight is 247 g/mol. The Morgan fingerprint density at radius 3 is 2.83 bits per heavy atom. The number of ether oxygens (including phenoxy) is 1. The summed E-state index contributed by atoms with van der Waals surface area (Å²) in [7, 11) is 0. The normalized spacial score (nSPS) is 17.9. The van der Waals surface area contributed by atoms with Crippen LogP contribution in [0.2, 0.25) is 0 Å². The van der Waals surface area contributed by atoms with Crippen molar-refractivity contribution in [3.63, 3.8) is 0 Å². The molecule has 0 aliphatic heterocycles. The van der Waals surface area contributed by atoms with Gasteiger partial charge in [-0.25, -0.2) is 0 Å². The molecule has 0 radical (unpaired) electrons. The monoisotopic (exact) mass is 247 g/mol. The van der Waals surface area contributed by atoms with Crippen molar-refractivity contribution >= 4 is 0 Å². The first-order valence-electron chi connectivity index (χ1n) is 7.27. The quantitative estimate of drug-likeness (QED) is 0.823. The summed E-state index contributed by atoms with van der Waals surface area (Å²) in [6.07, 6.45) is 6.69. The maximum absolute atomic E-state index is 6.02. The van der Waals surface area contributed by atoms with Crippen LogP contribution in [0.1, 0.15) is 51.5 Å². The SMILES string of the molecule is CCC(C)NCc1cccc(OC2CCCC2)c1. The van der Waals surface area contributed by atoms with Gasteiger partial charge in [0.1, 0.15) is 5.75 Å². The smallest absolute Gasteiger partial charge is 0.120 e. The molecule has 0 saturated heterocycles. The van der Waals surface area contributed by atoms with E-state index in [1.165, 1.54) is 31.2 Å². The Morgan fingerprint density at radius 2 is 2.11 bits per heavy atom. The Balaban J connectivity index is 1.88. The van der Waals surface area contributed by atoms with E-state index in [1.807, 2.05) is 0 Å². The fourth-order valence-electron chi connectivity index (χ4n) is 2.36. The maximum atomic E-state index is 6.02. The Bertz CT molecular complexity index is 358. The molecular formula is C16H25NO. The second-order valence-corrected chi connectivity index (χ2v) is 5.36. The molecule has 0 spiro atoms. The van der Waals surface area contributed by atoms with E-state index < -0.39 is 0 Å². The summed E-state index contributed by atoms with van der Waals surface area (Å²) in [5, 5.41) is 3.51. The highest BCUT2D eigenvalue weighted by molar-refractivity contribution is 5.28. The lowest BCUT2D eigenvalue weighted by molar-refractivity contribution is 0.210. The molecule has 0 aromatic heterocycles. The highest BCUT2D eigenvalue weighted by Gasteiger charge is 2.16. The molecule has 1 N–H and O–H groups in total. The summed E-state index contributed by atoms with van der Waals surface area (Å²) in [5.74, 6) is 1.03. The summed E-state index contributed by atoms with van der Waals surface area (Å²) in [6, 6.07) is 9.08. The van der Waals surface area contributed by atoms with Gasteiger partial charge in [0.05, 0.1) is 6.10 Å². The van der Waals surface area contributed by atoms with E-state index in [2.05, 4.69) is 43.4 Å². The average Bonchev–Trinajstić information content (AvgIpc) is 2.89. The van der Waals surface area contributed by atoms with E-state index in [0.717, 1.165) is 18.7 Å². The van der Waals surface area contributed by atoms with E-state index in [1.54, 1.807) is 0 Å². The van der Waals surface area contributed by atoms with Gasteiger partial charge in [-0.2, -0.15) is 0 Å². The van der Waals surface area contributed by atoms with Crippen molar-refractivity contribution in [3.05, 3.63) is 29.8 Å². The molecular weight excluding hydrogens is 222 g/mol. The summed E-state index contributed by atoms with van der Waals surface area (Å²) in [4.78, 5) is 0. The van der Waals surface area contributed by atoms with Crippen molar-refractivity contribution in [2.75, 3.05) is 0 Å². The molecule has 1 saturated carbocycles. The minimum absolute atomic E-state index is 0.447. The Labute approximate surface area is 111 Å².